The van der Waals surface area contributed by atoms with Gasteiger partial charge in [0.05, 0.1) is 6.42 Å². The van der Waals surface area contributed by atoms with E-state index in [1.807, 2.05) is 0 Å². The second-order valence-corrected chi connectivity index (χ2v) is 8.40. The van der Waals surface area contributed by atoms with Crippen molar-refractivity contribution in [2.75, 3.05) is 0 Å². The Labute approximate surface area is 177 Å². The van der Waals surface area contributed by atoms with Crippen LogP contribution in [0, 0.1) is 0 Å². The molecule has 0 radical (unpaired) electrons. The van der Waals surface area contributed by atoms with Gasteiger partial charge in [0.1, 0.15) is 17.1 Å². The van der Waals surface area contributed by atoms with E-state index in [0.717, 1.165) is 12.3 Å². The molecule has 2 aliphatic rings. The van der Waals surface area contributed by atoms with Crippen LogP contribution in [0.15, 0.2) is 12.3 Å². The number of carbonyl (C=O) groups excluding carboxylic acids is 4. The van der Waals surface area contributed by atoms with Crippen LogP contribution < -0.4 is 15.8 Å². The van der Waals surface area contributed by atoms with Crippen molar-refractivity contribution in [3.63, 3.8) is 0 Å². The monoisotopic (exact) mass is 463 g/mol. The molecule has 1 saturated heterocycles. The molecule has 13 heteroatoms. The molecule has 8 nitrogen and oxygen atoms in total. The second-order valence-electron chi connectivity index (χ2n) is 7.45. The number of carbonyl (C=O) groups is 4. The number of hydrogen-bond donors (Lipinski definition) is 2. The van der Waals surface area contributed by atoms with Crippen molar-refractivity contribution in [3.8, 4) is 5.75 Å². The lowest BCUT2D eigenvalue weighted by molar-refractivity contribution is -0.154. The number of ether oxygens (including phenoxy) is 1. The van der Waals surface area contributed by atoms with Gasteiger partial charge in [-0.05, 0) is 31.0 Å². The molecule has 1 aliphatic heterocycles. The molecule has 31 heavy (non-hydrogen) atoms. The average Bonchev–Trinajstić information content (AvgIpc) is 2.65. The van der Waals surface area contributed by atoms with Gasteiger partial charge >= 0.3 is 12.3 Å². The van der Waals surface area contributed by atoms with Gasteiger partial charge in [0.2, 0.25) is 16.1 Å². The zero-order valence-electron chi connectivity index (χ0n) is 16.0. The van der Waals surface area contributed by atoms with Crippen LogP contribution >= 0.6 is 11.8 Å². The highest BCUT2D eigenvalue weighted by molar-refractivity contribution is 8.30. The van der Waals surface area contributed by atoms with Crippen molar-refractivity contribution < 1.29 is 41.5 Å². The third-order valence-electron chi connectivity index (χ3n) is 5.08. The molecular formula is C18H17F4N3O5S. The van der Waals surface area contributed by atoms with Gasteiger partial charge in [0.15, 0.2) is 5.54 Å². The minimum absolute atomic E-state index is 0.0240. The fourth-order valence-corrected chi connectivity index (χ4v) is 3.90. The number of halogens is 4. The van der Waals surface area contributed by atoms with E-state index in [0.29, 0.717) is 13.3 Å². The Hall–Kier alpha value is -2.70. The van der Waals surface area contributed by atoms with E-state index in [-0.39, 0.29) is 30.2 Å². The highest BCUT2D eigenvalue weighted by Gasteiger charge is 2.58. The summed E-state index contributed by atoms with van der Waals surface area (Å²) < 4.78 is 59.7. The maximum absolute atomic E-state index is 14.9. The molecule has 0 bridgehead atoms. The van der Waals surface area contributed by atoms with Gasteiger partial charge in [-0.15, -0.1) is 0 Å². The van der Waals surface area contributed by atoms with Crippen LogP contribution in [0.5, 0.6) is 5.75 Å². The van der Waals surface area contributed by atoms with E-state index in [9.17, 15) is 36.7 Å². The van der Waals surface area contributed by atoms with Gasteiger partial charge in [-0.25, -0.2) is 13.2 Å². The maximum atomic E-state index is 14.9. The standard InChI is InChI=1S/C18H17F4N3O5S/c1-16(21,13(19)20)30-10-5-9(24-7-8(10)17(22)3-2-4-17)12(27)25-18(6-11(23)26)14(28)31-15(18)29/h5,7,13H,2-4,6H2,1H3,(H2,23,26)(H,25,27)/t16-/m1/s1. The summed E-state index contributed by atoms with van der Waals surface area (Å²) in [4.78, 5) is 51.4. The molecule has 3 rings (SSSR count). The number of nitrogens with zero attached hydrogens (tertiary/aromatic N) is 1. The minimum Gasteiger partial charge on any atom is -0.452 e. The predicted octanol–water partition coefficient (Wildman–Crippen LogP) is 1.90. The van der Waals surface area contributed by atoms with Crippen molar-refractivity contribution in [1.82, 2.24) is 10.3 Å². The third kappa shape index (κ3) is 4.10. The van der Waals surface area contributed by atoms with Crippen molar-refractivity contribution in [3.05, 3.63) is 23.5 Å². The van der Waals surface area contributed by atoms with E-state index in [1.165, 1.54) is 0 Å². The minimum atomic E-state index is -3.58. The smallest absolute Gasteiger partial charge is 0.306 e. The van der Waals surface area contributed by atoms with Crippen molar-refractivity contribution >= 4 is 33.8 Å². The Morgan fingerprint density at radius 1 is 1.35 bits per heavy atom. The molecule has 1 atom stereocenters. The summed E-state index contributed by atoms with van der Waals surface area (Å²) in [5, 5.41) is 0.403. The number of pyridine rings is 1. The lowest BCUT2D eigenvalue weighted by atomic mass is 9.77. The SMILES string of the molecule is C[C@@](F)(Oc1cc(C(=O)NC2(CC(N)=O)C(=O)SC2=O)ncc1C1(F)CCC1)C(F)F. The first-order valence-corrected chi connectivity index (χ1v) is 9.85. The van der Waals surface area contributed by atoms with Crippen LogP contribution in [0.25, 0.3) is 0 Å². The third-order valence-corrected chi connectivity index (χ3v) is 6.14. The number of nitrogens with two attached hydrogens (primary N) is 1. The highest BCUT2D eigenvalue weighted by atomic mass is 32.2. The summed E-state index contributed by atoms with van der Waals surface area (Å²) in [6.45, 7) is 0.443. The molecule has 0 unspecified atom stereocenters. The molecule has 2 fully saturated rings. The lowest BCUT2D eigenvalue weighted by Crippen LogP contribution is -2.66. The van der Waals surface area contributed by atoms with E-state index in [2.05, 4.69) is 10.3 Å². The van der Waals surface area contributed by atoms with Crippen molar-refractivity contribution in [2.24, 2.45) is 5.73 Å². The molecule has 168 valence electrons. The number of rotatable bonds is 8. The largest absolute Gasteiger partial charge is 0.452 e. The molecule has 1 aromatic heterocycles. The normalized spacial score (nSPS) is 21.0. The zero-order chi connectivity index (χ0) is 23.2. The number of aromatic nitrogens is 1. The van der Waals surface area contributed by atoms with Crippen LogP contribution in [-0.4, -0.2) is 44.8 Å². The molecule has 2 amide bonds. The lowest BCUT2D eigenvalue weighted by Gasteiger charge is -2.37. The quantitative estimate of drug-likeness (QED) is 0.445. The second kappa shape index (κ2) is 7.77. The van der Waals surface area contributed by atoms with Crippen LogP contribution in [0.3, 0.4) is 0 Å². The van der Waals surface area contributed by atoms with Crippen LogP contribution in [0.2, 0.25) is 0 Å². The topological polar surface area (TPSA) is 128 Å². The van der Waals surface area contributed by atoms with Gasteiger partial charge in [0.25, 0.3) is 5.91 Å². The number of alkyl halides is 4. The summed E-state index contributed by atoms with van der Waals surface area (Å²) in [5.41, 5.74) is -0.0185. The number of primary amides is 1. The van der Waals surface area contributed by atoms with E-state index >= 15 is 0 Å². The summed E-state index contributed by atoms with van der Waals surface area (Å²) in [5.74, 6) is -6.37. The molecule has 0 spiro atoms. The fraction of sp³-hybridized carbons (Fsp3) is 0.500. The summed E-state index contributed by atoms with van der Waals surface area (Å²) in [7, 11) is 0. The predicted molar refractivity (Wildman–Crippen MR) is 98.6 cm³/mol. The van der Waals surface area contributed by atoms with E-state index in [1.54, 1.807) is 0 Å². The number of nitrogens with one attached hydrogen (secondary N) is 1. The highest BCUT2D eigenvalue weighted by Crippen LogP contribution is 2.49. The summed E-state index contributed by atoms with van der Waals surface area (Å²) in [6.07, 6.45) is -2.98. The summed E-state index contributed by atoms with van der Waals surface area (Å²) in [6, 6.07) is 0.739. The fourth-order valence-electron chi connectivity index (χ4n) is 3.10. The Morgan fingerprint density at radius 3 is 2.42 bits per heavy atom. The molecular weight excluding hydrogens is 446 g/mol. The van der Waals surface area contributed by atoms with E-state index < -0.39 is 63.4 Å². The molecule has 0 aromatic carbocycles. The van der Waals surface area contributed by atoms with Gasteiger partial charge < -0.3 is 15.8 Å². The van der Waals surface area contributed by atoms with Crippen LogP contribution in [-0.2, 0) is 20.1 Å². The molecule has 3 N–H and O–H groups in total. The first-order chi connectivity index (χ1) is 14.3. The van der Waals surface area contributed by atoms with Crippen LogP contribution in [0.4, 0.5) is 17.6 Å². The molecule has 1 saturated carbocycles. The first-order valence-electron chi connectivity index (χ1n) is 9.04. The Kier molecular flexibility index (Phi) is 5.76. The number of hydrogen-bond acceptors (Lipinski definition) is 7. The van der Waals surface area contributed by atoms with Gasteiger partial charge in [-0.1, -0.05) is 0 Å². The molecule has 2 heterocycles. The van der Waals surface area contributed by atoms with Crippen LogP contribution in [0.1, 0.15) is 48.7 Å². The Balaban J connectivity index is 1.95. The molecule has 1 aromatic rings. The van der Waals surface area contributed by atoms with Gasteiger partial charge in [0, 0.05) is 24.8 Å². The van der Waals surface area contributed by atoms with Gasteiger partial charge in [-0.2, -0.15) is 4.39 Å². The Bertz CT molecular complexity index is 954. The maximum Gasteiger partial charge on any atom is 0.306 e. The zero-order valence-corrected chi connectivity index (χ0v) is 16.9. The van der Waals surface area contributed by atoms with E-state index in [4.69, 9.17) is 10.5 Å². The number of amides is 2. The van der Waals surface area contributed by atoms with Gasteiger partial charge in [-0.3, -0.25) is 24.2 Å². The average molecular weight is 463 g/mol. The molecule has 1 aliphatic carbocycles. The summed E-state index contributed by atoms with van der Waals surface area (Å²) >= 11 is 0.272. The Morgan fingerprint density at radius 2 is 1.97 bits per heavy atom. The van der Waals surface area contributed by atoms with Crippen molar-refractivity contribution in [1.29, 1.82) is 0 Å². The van der Waals surface area contributed by atoms with Crippen molar-refractivity contribution in [2.45, 2.75) is 56.1 Å². The number of thioether (sulfide) groups is 1. The first kappa shape index (κ1) is 23.0.